The van der Waals surface area contributed by atoms with Crippen LogP contribution < -0.4 is 10.6 Å². The molecule has 1 atom stereocenters. The molecule has 0 bridgehead atoms. The van der Waals surface area contributed by atoms with Gasteiger partial charge < -0.3 is 10.4 Å². The fourth-order valence-corrected chi connectivity index (χ4v) is 2.07. The van der Waals surface area contributed by atoms with Crippen LogP contribution in [0.5, 0.6) is 0 Å². The minimum absolute atomic E-state index is 0.0120. The Labute approximate surface area is 117 Å². The van der Waals surface area contributed by atoms with Crippen molar-refractivity contribution in [3.8, 4) is 0 Å². The van der Waals surface area contributed by atoms with Crippen molar-refractivity contribution >= 4 is 27.7 Å². The number of urea groups is 1. The summed E-state index contributed by atoms with van der Waals surface area (Å²) in [6.07, 6.45) is -0.253. The Balaban J connectivity index is 3.97. The zero-order valence-corrected chi connectivity index (χ0v) is 12.3. The van der Waals surface area contributed by atoms with Crippen molar-refractivity contribution < 1.29 is 27.9 Å². The molecule has 20 heavy (non-hydrogen) atoms. The molecule has 0 aromatic carbocycles. The summed E-state index contributed by atoms with van der Waals surface area (Å²) in [4.78, 5) is 33.1. The molecule has 0 saturated carbocycles. The van der Waals surface area contributed by atoms with E-state index in [4.69, 9.17) is 5.11 Å². The van der Waals surface area contributed by atoms with Gasteiger partial charge in [0.05, 0.1) is 5.75 Å². The number of hydrogen-bond donors (Lipinski definition) is 3. The number of aliphatic carboxylic acids is 1. The molecule has 0 saturated heterocycles. The van der Waals surface area contributed by atoms with E-state index in [1.165, 1.54) is 6.92 Å². The minimum atomic E-state index is -3.17. The lowest BCUT2D eigenvalue weighted by Crippen LogP contribution is -2.41. The molecule has 3 amide bonds. The second-order valence-electron chi connectivity index (χ2n) is 4.45. The van der Waals surface area contributed by atoms with Gasteiger partial charge in [0, 0.05) is 25.1 Å². The van der Waals surface area contributed by atoms with Gasteiger partial charge in [0.15, 0.2) is 9.84 Å². The Bertz CT molecular complexity index is 460. The van der Waals surface area contributed by atoms with Gasteiger partial charge in [0.25, 0.3) is 0 Å². The molecule has 8 nitrogen and oxygen atoms in total. The molecule has 116 valence electrons. The van der Waals surface area contributed by atoms with Crippen molar-refractivity contribution in [3.05, 3.63) is 0 Å². The van der Waals surface area contributed by atoms with E-state index in [-0.39, 0.29) is 36.8 Å². The highest BCUT2D eigenvalue weighted by atomic mass is 32.2. The van der Waals surface area contributed by atoms with Gasteiger partial charge in [-0.3, -0.25) is 14.9 Å². The van der Waals surface area contributed by atoms with Gasteiger partial charge in [-0.1, -0.05) is 13.8 Å². The van der Waals surface area contributed by atoms with E-state index in [1.54, 1.807) is 6.92 Å². The molecule has 0 aliphatic carbocycles. The van der Waals surface area contributed by atoms with Crippen LogP contribution >= 0.6 is 0 Å². The monoisotopic (exact) mass is 308 g/mol. The number of sulfone groups is 1. The van der Waals surface area contributed by atoms with Crippen LogP contribution in [0.25, 0.3) is 0 Å². The van der Waals surface area contributed by atoms with Crippen LogP contribution in [-0.4, -0.2) is 49.5 Å². The quantitative estimate of drug-likeness (QED) is 0.567. The number of imide groups is 1. The summed E-state index contributed by atoms with van der Waals surface area (Å²) in [5.41, 5.74) is 0. The number of carboxylic acid groups (broad SMARTS) is 1. The van der Waals surface area contributed by atoms with Gasteiger partial charge in [0.1, 0.15) is 0 Å². The van der Waals surface area contributed by atoms with Crippen LogP contribution in [0, 0.1) is 5.92 Å². The average molecular weight is 308 g/mol. The van der Waals surface area contributed by atoms with E-state index in [0.29, 0.717) is 0 Å². The number of carboxylic acids is 1. The third kappa shape index (κ3) is 9.31. The average Bonchev–Trinajstić information content (AvgIpc) is 2.26. The van der Waals surface area contributed by atoms with Crippen molar-refractivity contribution in [1.82, 2.24) is 10.6 Å². The maximum atomic E-state index is 11.4. The van der Waals surface area contributed by atoms with Crippen LogP contribution in [0.3, 0.4) is 0 Å². The first-order chi connectivity index (χ1) is 9.16. The highest BCUT2D eigenvalue weighted by Crippen LogP contribution is 2.06. The number of nitrogens with one attached hydrogen (secondary N) is 2. The van der Waals surface area contributed by atoms with E-state index in [1.807, 2.05) is 5.32 Å². The van der Waals surface area contributed by atoms with Gasteiger partial charge in [-0.2, -0.15) is 0 Å². The molecule has 0 radical (unpaired) electrons. The largest absolute Gasteiger partial charge is 0.481 e. The van der Waals surface area contributed by atoms with Gasteiger partial charge in [0.2, 0.25) is 5.91 Å². The fourth-order valence-electron chi connectivity index (χ4n) is 1.37. The number of carbonyl (C=O) groups is 3. The van der Waals surface area contributed by atoms with Crippen LogP contribution in [0.4, 0.5) is 4.79 Å². The third-order valence-corrected chi connectivity index (χ3v) is 4.15. The molecule has 9 heteroatoms. The van der Waals surface area contributed by atoms with Crippen LogP contribution in [-0.2, 0) is 19.4 Å². The van der Waals surface area contributed by atoms with Crippen LogP contribution in [0.15, 0.2) is 0 Å². The van der Waals surface area contributed by atoms with Crippen molar-refractivity contribution in [2.45, 2.75) is 26.7 Å². The molecule has 0 spiro atoms. The summed E-state index contributed by atoms with van der Waals surface area (Å²) >= 11 is 0. The SMILES string of the molecule is CCS(=O)(=O)CCNC(=O)NC(=O)CC(C)CC(=O)O. The Hall–Kier alpha value is -1.64. The molecular weight excluding hydrogens is 288 g/mol. The summed E-state index contributed by atoms with van der Waals surface area (Å²) in [5.74, 6) is -2.21. The third-order valence-electron chi connectivity index (χ3n) is 2.45. The van der Waals surface area contributed by atoms with Crippen LogP contribution in [0.2, 0.25) is 0 Å². The van der Waals surface area contributed by atoms with Crippen molar-refractivity contribution in [2.24, 2.45) is 5.92 Å². The predicted octanol–water partition coefficient (Wildman–Crippen LogP) is -0.252. The topological polar surface area (TPSA) is 130 Å². The Morgan fingerprint density at radius 1 is 1.20 bits per heavy atom. The molecule has 0 aliphatic heterocycles. The summed E-state index contributed by atoms with van der Waals surface area (Å²) in [6, 6.07) is -0.788. The highest BCUT2D eigenvalue weighted by Gasteiger charge is 2.15. The molecule has 0 aromatic heterocycles. The van der Waals surface area contributed by atoms with Crippen molar-refractivity contribution in [2.75, 3.05) is 18.1 Å². The van der Waals surface area contributed by atoms with Crippen molar-refractivity contribution in [1.29, 1.82) is 0 Å². The first kappa shape index (κ1) is 18.4. The molecule has 0 aliphatic rings. The van der Waals surface area contributed by atoms with E-state index < -0.39 is 27.7 Å². The van der Waals surface area contributed by atoms with E-state index in [9.17, 15) is 22.8 Å². The number of carbonyl (C=O) groups excluding carboxylic acids is 2. The lowest BCUT2D eigenvalue weighted by molar-refractivity contribution is -0.138. The summed E-state index contributed by atoms with van der Waals surface area (Å²) in [5, 5.41) is 12.8. The highest BCUT2D eigenvalue weighted by molar-refractivity contribution is 7.91. The minimum Gasteiger partial charge on any atom is -0.481 e. The zero-order valence-electron chi connectivity index (χ0n) is 11.5. The Kier molecular flexibility index (Phi) is 7.82. The summed E-state index contributed by atoms with van der Waals surface area (Å²) in [6.45, 7) is 3.00. The summed E-state index contributed by atoms with van der Waals surface area (Å²) in [7, 11) is -3.17. The zero-order chi connectivity index (χ0) is 15.8. The van der Waals surface area contributed by atoms with Crippen molar-refractivity contribution in [3.63, 3.8) is 0 Å². The number of hydrogen-bond acceptors (Lipinski definition) is 5. The van der Waals surface area contributed by atoms with Crippen LogP contribution in [0.1, 0.15) is 26.7 Å². The molecule has 3 N–H and O–H groups in total. The summed E-state index contributed by atoms with van der Waals surface area (Å²) < 4.78 is 22.3. The fraction of sp³-hybridized carbons (Fsp3) is 0.727. The molecule has 0 fully saturated rings. The maximum absolute atomic E-state index is 11.4. The maximum Gasteiger partial charge on any atom is 0.321 e. The molecule has 0 heterocycles. The number of rotatable bonds is 8. The standard InChI is InChI=1S/C11H20N2O6S/c1-3-20(18,19)5-4-12-11(17)13-9(14)6-8(2)7-10(15)16/h8H,3-7H2,1-2H3,(H,15,16)(H2,12,13,14,17). The van der Waals surface area contributed by atoms with E-state index >= 15 is 0 Å². The molecular formula is C11H20N2O6S. The molecule has 0 aromatic rings. The van der Waals surface area contributed by atoms with E-state index in [2.05, 4.69) is 5.32 Å². The number of amides is 3. The molecule has 0 rings (SSSR count). The van der Waals surface area contributed by atoms with Gasteiger partial charge in [-0.05, 0) is 5.92 Å². The van der Waals surface area contributed by atoms with Gasteiger partial charge >= 0.3 is 12.0 Å². The lowest BCUT2D eigenvalue weighted by atomic mass is 10.0. The first-order valence-electron chi connectivity index (χ1n) is 6.16. The predicted molar refractivity (Wildman–Crippen MR) is 71.9 cm³/mol. The van der Waals surface area contributed by atoms with Gasteiger partial charge in [-0.25, -0.2) is 13.2 Å². The normalized spacial score (nSPS) is 12.5. The second-order valence-corrected chi connectivity index (χ2v) is 6.92. The van der Waals surface area contributed by atoms with Gasteiger partial charge in [-0.15, -0.1) is 0 Å². The smallest absolute Gasteiger partial charge is 0.321 e. The molecule has 1 unspecified atom stereocenters. The Morgan fingerprint density at radius 3 is 2.30 bits per heavy atom. The Morgan fingerprint density at radius 2 is 1.80 bits per heavy atom. The van der Waals surface area contributed by atoms with E-state index in [0.717, 1.165) is 0 Å². The second kappa shape index (κ2) is 8.51. The lowest BCUT2D eigenvalue weighted by Gasteiger charge is -2.09. The first-order valence-corrected chi connectivity index (χ1v) is 7.98.